The molecule has 1 aromatic heterocycles. The molecule has 7 heteroatoms. The highest BCUT2D eigenvalue weighted by Gasteiger charge is 2.12. The lowest BCUT2D eigenvalue weighted by Gasteiger charge is -2.11. The first-order valence-corrected chi connectivity index (χ1v) is 6.57. The molecule has 0 saturated carbocycles. The van der Waals surface area contributed by atoms with Gasteiger partial charge >= 0.3 is 0 Å². The molecule has 0 aliphatic heterocycles. The van der Waals surface area contributed by atoms with Crippen molar-refractivity contribution in [2.24, 2.45) is 5.73 Å². The second-order valence-electron chi connectivity index (χ2n) is 4.60. The molecule has 1 heterocycles. The molecule has 3 N–H and O–H groups in total. The number of halogens is 2. The second-order valence-corrected chi connectivity index (χ2v) is 4.60. The average molecular weight is 346 g/mol. The number of fused-ring (bicyclic) bond motifs is 1. The molecule has 0 radical (unpaired) electrons. The van der Waals surface area contributed by atoms with E-state index in [9.17, 15) is 4.79 Å². The van der Waals surface area contributed by atoms with Gasteiger partial charge in [-0.2, -0.15) is 0 Å². The number of benzene rings is 1. The molecule has 2 aromatic rings. The van der Waals surface area contributed by atoms with E-state index in [1.54, 1.807) is 6.20 Å². The van der Waals surface area contributed by atoms with Gasteiger partial charge in [-0.3, -0.25) is 9.78 Å². The number of amides is 1. The topological polar surface area (TPSA) is 77.2 Å². The lowest BCUT2D eigenvalue weighted by Crippen LogP contribution is -2.44. The standard InChI is InChI=1S/C15H19N3O2.2ClH/c1-20-10-13(16)15(19)18-9-7-12-5-2-4-11-6-3-8-17-14(11)12;;/h2-6,8,13H,7,9-10,16H2,1H3,(H,18,19);2*1H. The van der Waals surface area contributed by atoms with Crippen LogP contribution in [0, 0.1) is 0 Å². The Morgan fingerprint density at radius 3 is 2.77 bits per heavy atom. The predicted octanol–water partition coefficient (Wildman–Crippen LogP) is 1.71. The third-order valence-electron chi connectivity index (χ3n) is 3.09. The van der Waals surface area contributed by atoms with E-state index in [2.05, 4.69) is 10.3 Å². The van der Waals surface area contributed by atoms with E-state index in [1.165, 1.54) is 7.11 Å². The van der Waals surface area contributed by atoms with Crippen LogP contribution < -0.4 is 11.1 Å². The van der Waals surface area contributed by atoms with Gasteiger partial charge in [0.2, 0.25) is 5.91 Å². The molecule has 2 rings (SSSR count). The van der Waals surface area contributed by atoms with Gasteiger partial charge in [0, 0.05) is 25.2 Å². The van der Waals surface area contributed by atoms with E-state index >= 15 is 0 Å². The fraction of sp³-hybridized carbons (Fsp3) is 0.333. The summed E-state index contributed by atoms with van der Waals surface area (Å²) in [5.41, 5.74) is 7.74. The minimum absolute atomic E-state index is 0. The lowest BCUT2D eigenvalue weighted by molar-refractivity contribution is -0.123. The number of methoxy groups -OCH3 is 1. The molecule has 1 aromatic carbocycles. The third kappa shape index (κ3) is 5.42. The largest absolute Gasteiger partial charge is 0.383 e. The molecule has 5 nitrogen and oxygen atoms in total. The van der Waals surface area contributed by atoms with Gasteiger partial charge in [-0.15, -0.1) is 24.8 Å². The van der Waals surface area contributed by atoms with Crippen LogP contribution in [0.2, 0.25) is 0 Å². The minimum Gasteiger partial charge on any atom is -0.383 e. The number of nitrogens with one attached hydrogen (secondary N) is 1. The highest BCUT2D eigenvalue weighted by atomic mass is 35.5. The van der Waals surface area contributed by atoms with Crippen LogP contribution in [0.5, 0.6) is 0 Å². The first kappa shape index (κ1) is 20.6. The summed E-state index contributed by atoms with van der Waals surface area (Å²) < 4.78 is 4.85. The molecular formula is C15H21Cl2N3O2. The van der Waals surface area contributed by atoms with Crippen molar-refractivity contribution in [3.63, 3.8) is 0 Å². The number of rotatable bonds is 6. The summed E-state index contributed by atoms with van der Waals surface area (Å²) in [6.45, 7) is 0.758. The zero-order chi connectivity index (χ0) is 14.4. The summed E-state index contributed by atoms with van der Waals surface area (Å²) in [5.74, 6) is -0.194. The van der Waals surface area contributed by atoms with Crippen molar-refractivity contribution in [1.29, 1.82) is 0 Å². The fourth-order valence-corrected chi connectivity index (χ4v) is 2.08. The van der Waals surface area contributed by atoms with Crippen LogP contribution in [0.1, 0.15) is 5.56 Å². The number of aromatic nitrogens is 1. The Morgan fingerprint density at radius 2 is 2.05 bits per heavy atom. The van der Waals surface area contributed by atoms with Crippen molar-refractivity contribution in [3.8, 4) is 0 Å². The molecular weight excluding hydrogens is 325 g/mol. The second kappa shape index (κ2) is 10.3. The Labute approximate surface area is 142 Å². The van der Waals surface area contributed by atoms with Crippen molar-refractivity contribution in [2.75, 3.05) is 20.3 Å². The van der Waals surface area contributed by atoms with E-state index in [-0.39, 0.29) is 37.3 Å². The van der Waals surface area contributed by atoms with E-state index in [4.69, 9.17) is 10.5 Å². The van der Waals surface area contributed by atoms with Gasteiger partial charge in [0.05, 0.1) is 12.1 Å². The van der Waals surface area contributed by atoms with Crippen LogP contribution in [0.3, 0.4) is 0 Å². The van der Waals surface area contributed by atoms with E-state index in [1.807, 2.05) is 30.3 Å². The van der Waals surface area contributed by atoms with Gasteiger partial charge < -0.3 is 15.8 Å². The smallest absolute Gasteiger partial charge is 0.239 e. The zero-order valence-electron chi connectivity index (χ0n) is 12.3. The Kier molecular flexibility index (Phi) is 9.69. The lowest BCUT2D eigenvalue weighted by atomic mass is 10.1. The monoisotopic (exact) mass is 345 g/mol. The fourth-order valence-electron chi connectivity index (χ4n) is 2.08. The van der Waals surface area contributed by atoms with Crippen LogP contribution in [0.15, 0.2) is 36.5 Å². The number of nitrogens with zero attached hydrogens (tertiary/aromatic N) is 1. The highest BCUT2D eigenvalue weighted by molar-refractivity contribution is 5.85. The molecule has 0 spiro atoms. The molecule has 22 heavy (non-hydrogen) atoms. The van der Waals surface area contributed by atoms with Crippen LogP contribution in [0.4, 0.5) is 0 Å². The Balaban J connectivity index is 0.00000220. The maximum Gasteiger partial charge on any atom is 0.239 e. The number of para-hydroxylation sites is 1. The molecule has 0 aliphatic rings. The number of ether oxygens (including phenoxy) is 1. The normalized spacial score (nSPS) is 11.2. The summed E-state index contributed by atoms with van der Waals surface area (Å²) in [7, 11) is 1.52. The number of carbonyl (C=O) groups excluding carboxylic acids is 1. The molecule has 0 aliphatic carbocycles. The number of pyridine rings is 1. The van der Waals surface area contributed by atoms with Gasteiger partial charge in [-0.1, -0.05) is 24.3 Å². The summed E-state index contributed by atoms with van der Waals surface area (Å²) in [6, 6.07) is 9.37. The molecule has 0 saturated heterocycles. The number of carbonyl (C=O) groups is 1. The summed E-state index contributed by atoms with van der Waals surface area (Å²) in [5, 5.41) is 3.91. The molecule has 1 atom stereocenters. The van der Waals surface area contributed by atoms with Crippen molar-refractivity contribution in [2.45, 2.75) is 12.5 Å². The SMILES string of the molecule is COCC(N)C(=O)NCCc1cccc2cccnc12.Cl.Cl. The van der Waals surface area contributed by atoms with Gasteiger partial charge in [0.15, 0.2) is 0 Å². The van der Waals surface area contributed by atoms with Gasteiger partial charge in [-0.05, 0) is 18.1 Å². The molecule has 0 bridgehead atoms. The molecule has 122 valence electrons. The summed E-state index contributed by atoms with van der Waals surface area (Å²) >= 11 is 0. The van der Waals surface area contributed by atoms with Crippen molar-refractivity contribution < 1.29 is 9.53 Å². The van der Waals surface area contributed by atoms with Crippen molar-refractivity contribution in [1.82, 2.24) is 10.3 Å². The number of nitrogens with two attached hydrogens (primary N) is 1. The Bertz CT molecular complexity index is 591. The Hall–Kier alpha value is -1.40. The van der Waals surface area contributed by atoms with Crippen LogP contribution >= 0.6 is 24.8 Å². The van der Waals surface area contributed by atoms with Crippen LogP contribution in [-0.2, 0) is 16.0 Å². The number of hydrogen-bond donors (Lipinski definition) is 2. The minimum atomic E-state index is -0.620. The first-order valence-electron chi connectivity index (χ1n) is 6.57. The average Bonchev–Trinajstić information content (AvgIpc) is 2.47. The highest BCUT2D eigenvalue weighted by Crippen LogP contribution is 2.15. The van der Waals surface area contributed by atoms with Gasteiger partial charge in [-0.25, -0.2) is 0 Å². The van der Waals surface area contributed by atoms with E-state index < -0.39 is 6.04 Å². The molecule has 1 amide bonds. The third-order valence-corrected chi connectivity index (χ3v) is 3.09. The first-order chi connectivity index (χ1) is 9.72. The van der Waals surface area contributed by atoms with Gasteiger partial charge in [0.1, 0.15) is 6.04 Å². The number of hydrogen-bond acceptors (Lipinski definition) is 4. The van der Waals surface area contributed by atoms with Crippen LogP contribution in [0.25, 0.3) is 10.9 Å². The van der Waals surface area contributed by atoms with E-state index in [0.29, 0.717) is 6.54 Å². The summed E-state index contributed by atoms with van der Waals surface area (Å²) in [4.78, 5) is 16.0. The Morgan fingerprint density at radius 1 is 1.32 bits per heavy atom. The van der Waals surface area contributed by atoms with Crippen LogP contribution in [-0.4, -0.2) is 37.2 Å². The molecule has 0 fully saturated rings. The van der Waals surface area contributed by atoms with Gasteiger partial charge in [0.25, 0.3) is 0 Å². The van der Waals surface area contributed by atoms with E-state index in [0.717, 1.165) is 22.9 Å². The maximum absolute atomic E-state index is 11.7. The van der Waals surface area contributed by atoms with Crippen molar-refractivity contribution in [3.05, 3.63) is 42.1 Å². The maximum atomic E-state index is 11.7. The summed E-state index contributed by atoms with van der Waals surface area (Å²) in [6.07, 6.45) is 2.50. The van der Waals surface area contributed by atoms with Crippen molar-refractivity contribution >= 4 is 41.6 Å². The quantitative estimate of drug-likeness (QED) is 0.835. The zero-order valence-corrected chi connectivity index (χ0v) is 14.0. The molecule has 1 unspecified atom stereocenters. The predicted molar refractivity (Wildman–Crippen MR) is 92.8 cm³/mol.